The molecular formula is C15H22N2OS. The molecule has 104 valence electrons. The van der Waals surface area contributed by atoms with Gasteiger partial charge in [0.1, 0.15) is 0 Å². The van der Waals surface area contributed by atoms with Gasteiger partial charge in [0.2, 0.25) is 0 Å². The van der Waals surface area contributed by atoms with Crippen LogP contribution in [0.2, 0.25) is 0 Å². The normalized spacial score (nSPS) is 24.4. The number of rotatable bonds is 4. The second-order valence-corrected chi connectivity index (χ2v) is 6.68. The van der Waals surface area contributed by atoms with Gasteiger partial charge < -0.3 is 10.9 Å². The van der Waals surface area contributed by atoms with E-state index in [9.17, 15) is 0 Å². The summed E-state index contributed by atoms with van der Waals surface area (Å²) in [5.74, 6) is 2.10. The summed E-state index contributed by atoms with van der Waals surface area (Å²) in [6.45, 7) is 2.36. The second-order valence-electron chi connectivity index (χ2n) is 5.39. The third kappa shape index (κ3) is 4.16. The molecule has 0 aromatic heterocycles. The molecule has 3 nitrogen and oxygen atoms in total. The van der Waals surface area contributed by atoms with Crippen molar-refractivity contribution >= 4 is 17.6 Å². The van der Waals surface area contributed by atoms with Crippen LogP contribution < -0.4 is 5.73 Å². The molecule has 1 aliphatic carbocycles. The average molecular weight is 278 g/mol. The minimum Gasteiger partial charge on any atom is -0.409 e. The van der Waals surface area contributed by atoms with E-state index in [-0.39, 0.29) is 5.84 Å². The van der Waals surface area contributed by atoms with Crippen LogP contribution in [0.4, 0.5) is 0 Å². The number of amidine groups is 1. The Bertz CT molecular complexity index is 430. The topological polar surface area (TPSA) is 58.6 Å². The molecule has 0 spiro atoms. The molecule has 1 aromatic rings. The summed E-state index contributed by atoms with van der Waals surface area (Å²) in [5.41, 5.74) is 7.61. The summed E-state index contributed by atoms with van der Waals surface area (Å²) >= 11 is 2.06. The zero-order valence-electron chi connectivity index (χ0n) is 11.4. The van der Waals surface area contributed by atoms with Crippen LogP contribution in [0.1, 0.15) is 43.7 Å². The molecular weight excluding hydrogens is 256 g/mol. The SMILES string of the molecule is CC1CCCC(SCc2ccc(C(N)=NO)cc2)C1. The predicted octanol–water partition coefficient (Wildman–Crippen LogP) is 3.59. The van der Waals surface area contributed by atoms with Crippen molar-refractivity contribution in [2.45, 2.75) is 43.6 Å². The maximum atomic E-state index is 8.61. The fourth-order valence-electron chi connectivity index (χ4n) is 2.57. The molecule has 1 aliphatic rings. The van der Waals surface area contributed by atoms with Gasteiger partial charge in [0, 0.05) is 16.6 Å². The largest absolute Gasteiger partial charge is 0.409 e. The molecule has 2 rings (SSSR count). The van der Waals surface area contributed by atoms with Crippen molar-refractivity contribution in [2.75, 3.05) is 0 Å². The molecule has 1 aromatic carbocycles. The van der Waals surface area contributed by atoms with Gasteiger partial charge in [-0.2, -0.15) is 11.8 Å². The molecule has 0 amide bonds. The van der Waals surface area contributed by atoms with Gasteiger partial charge in [-0.05, 0) is 24.3 Å². The van der Waals surface area contributed by atoms with Crippen LogP contribution in [0.25, 0.3) is 0 Å². The Morgan fingerprint density at radius 1 is 1.37 bits per heavy atom. The van der Waals surface area contributed by atoms with E-state index in [1.165, 1.54) is 31.2 Å². The van der Waals surface area contributed by atoms with Gasteiger partial charge in [0.05, 0.1) is 0 Å². The molecule has 1 fully saturated rings. The van der Waals surface area contributed by atoms with E-state index in [0.717, 1.165) is 22.5 Å². The second kappa shape index (κ2) is 6.85. The van der Waals surface area contributed by atoms with Crippen molar-refractivity contribution in [1.29, 1.82) is 0 Å². The molecule has 0 bridgehead atoms. The van der Waals surface area contributed by atoms with E-state index in [2.05, 4.69) is 36.0 Å². The molecule has 2 atom stereocenters. The summed E-state index contributed by atoms with van der Waals surface area (Å²) < 4.78 is 0. The molecule has 0 saturated heterocycles. The molecule has 0 heterocycles. The molecule has 3 N–H and O–H groups in total. The van der Waals surface area contributed by atoms with Crippen LogP contribution in [-0.4, -0.2) is 16.3 Å². The Morgan fingerprint density at radius 3 is 2.74 bits per heavy atom. The lowest BCUT2D eigenvalue weighted by Gasteiger charge is -2.26. The first-order valence-electron chi connectivity index (χ1n) is 6.87. The summed E-state index contributed by atoms with van der Waals surface area (Å²) in [7, 11) is 0. The van der Waals surface area contributed by atoms with Crippen molar-refractivity contribution in [3.05, 3.63) is 35.4 Å². The highest BCUT2D eigenvalue weighted by Crippen LogP contribution is 2.33. The van der Waals surface area contributed by atoms with Crippen LogP contribution >= 0.6 is 11.8 Å². The summed E-state index contributed by atoms with van der Waals surface area (Å²) in [6, 6.07) is 7.95. The minimum atomic E-state index is 0.167. The van der Waals surface area contributed by atoms with Crippen molar-refractivity contribution in [3.63, 3.8) is 0 Å². The first-order valence-corrected chi connectivity index (χ1v) is 7.92. The van der Waals surface area contributed by atoms with Crippen molar-refractivity contribution in [3.8, 4) is 0 Å². The van der Waals surface area contributed by atoms with Gasteiger partial charge in [-0.3, -0.25) is 0 Å². The highest BCUT2D eigenvalue weighted by atomic mass is 32.2. The number of nitrogens with zero attached hydrogens (tertiary/aromatic N) is 1. The highest BCUT2D eigenvalue weighted by Gasteiger charge is 2.18. The van der Waals surface area contributed by atoms with Crippen LogP contribution in [0.15, 0.2) is 29.4 Å². The zero-order chi connectivity index (χ0) is 13.7. The Kier molecular flexibility index (Phi) is 5.14. The number of nitrogens with two attached hydrogens (primary N) is 1. The van der Waals surface area contributed by atoms with E-state index in [0.29, 0.717) is 0 Å². The fraction of sp³-hybridized carbons (Fsp3) is 0.533. The number of oxime groups is 1. The van der Waals surface area contributed by atoms with Crippen LogP contribution in [-0.2, 0) is 5.75 Å². The fourth-order valence-corrected chi connectivity index (χ4v) is 3.99. The third-order valence-corrected chi connectivity index (χ3v) is 5.13. The average Bonchev–Trinajstić information content (AvgIpc) is 2.45. The van der Waals surface area contributed by atoms with Crippen molar-refractivity contribution in [1.82, 2.24) is 0 Å². The van der Waals surface area contributed by atoms with Crippen molar-refractivity contribution in [2.24, 2.45) is 16.8 Å². The maximum absolute atomic E-state index is 8.61. The van der Waals surface area contributed by atoms with E-state index in [1.807, 2.05) is 12.1 Å². The van der Waals surface area contributed by atoms with Gasteiger partial charge >= 0.3 is 0 Å². The molecule has 4 heteroatoms. The summed E-state index contributed by atoms with van der Waals surface area (Å²) in [6.07, 6.45) is 5.48. The first kappa shape index (κ1) is 14.3. The smallest absolute Gasteiger partial charge is 0.170 e. The number of benzene rings is 1. The van der Waals surface area contributed by atoms with Crippen LogP contribution in [0.3, 0.4) is 0 Å². The van der Waals surface area contributed by atoms with E-state index in [1.54, 1.807) is 0 Å². The summed E-state index contributed by atoms with van der Waals surface area (Å²) in [5, 5.41) is 12.4. The Hall–Kier alpha value is -1.16. The highest BCUT2D eigenvalue weighted by molar-refractivity contribution is 7.99. The van der Waals surface area contributed by atoms with Crippen molar-refractivity contribution < 1.29 is 5.21 Å². The lowest BCUT2D eigenvalue weighted by molar-refractivity contribution is 0.318. The van der Waals surface area contributed by atoms with Gasteiger partial charge in [0.25, 0.3) is 0 Å². The standard InChI is InChI=1S/C15H22N2OS/c1-11-3-2-4-14(9-11)19-10-12-5-7-13(8-6-12)15(16)17-18/h5-8,11,14,18H,2-4,9-10H2,1H3,(H2,16,17). The lowest BCUT2D eigenvalue weighted by atomic mass is 9.91. The van der Waals surface area contributed by atoms with Gasteiger partial charge in [-0.25, -0.2) is 0 Å². The van der Waals surface area contributed by atoms with Gasteiger partial charge in [-0.1, -0.05) is 49.2 Å². The van der Waals surface area contributed by atoms with Crippen LogP contribution in [0, 0.1) is 5.92 Å². The first-order chi connectivity index (χ1) is 9.19. The van der Waals surface area contributed by atoms with Gasteiger partial charge in [0.15, 0.2) is 5.84 Å². The number of hydrogen-bond donors (Lipinski definition) is 2. The monoisotopic (exact) mass is 278 g/mol. The van der Waals surface area contributed by atoms with E-state index in [4.69, 9.17) is 10.9 Å². The van der Waals surface area contributed by atoms with Gasteiger partial charge in [-0.15, -0.1) is 0 Å². The zero-order valence-corrected chi connectivity index (χ0v) is 12.2. The Morgan fingerprint density at radius 2 is 2.11 bits per heavy atom. The third-order valence-electron chi connectivity index (χ3n) is 3.73. The lowest BCUT2D eigenvalue weighted by Crippen LogP contribution is -2.15. The molecule has 1 saturated carbocycles. The van der Waals surface area contributed by atoms with Crippen LogP contribution in [0.5, 0.6) is 0 Å². The summed E-state index contributed by atoms with van der Waals surface area (Å²) in [4.78, 5) is 0. The quantitative estimate of drug-likeness (QED) is 0.383. The number of hydrogen-bond acceptors (Lipinski definition) is 3. The maximum Gasteiger partial charge on any atom is 0.170 e. The number of thioether (sulfide) groups is 1. The van der Waals surface area contributed by atoms with E-state index >= 15 is 0 Å². The Balaban J connectivity index is 1.86. The molecule has 0 radical (unpaired) electrons. The molecule has 2 unspecified atom stereocenters. The predicted molar refractivity (Wildman–Crippen MR) is 81.7 cm³/mol. The molecule has 19 heavy (non-hydrogen) atoms. The molecule has 0 aliphatic heterocycles. The van der Waals surface area contributed by atoms with E-state index < -0.39 is 0 Å². The minimum absolute atomic E-state index is 0.167. The Labute approximate surface area is 119 Å².